The lowest BCUT2D eigenvalue weighted by Gasteiger charge is -2.11. The number of thioether (sulfide) groups is 1. The number of hydrazine groups is 1. The first-order chi connectivity index (χ1) is 13.5. The van der Waals surface area contributed by atoms with Gasteiger partial charge in [-0.25, -0.2) is 4.39 Å². The summed E-state index contributed by atoms with van der Waals surface area (Å²) in [4.78, 5) is 22.7. The molecule has 0 saturated heterocycles. The first kappa shape index (κ1) is 19.6. The zero-order valence-electron chi connectivity index (χ0n) is 15.1. The maximum absolute atomic E-state index is 14.3. The monoisotopic (exact) mass is 399 g/mol. The van der Waals surface area contributed by atoms with Gasteiger partial charge in [-0.05, 0) is 17.7 Å². The second kappa shape index (κ2) is 9.14. The van der Waals surface area contributed by atoms with Crippen molar-refractivity contribution in [1.29, 1.82) is 0 Å². The maximum atomic E-state index is 14.3. The lowest BCUT2D eigenvalue weighted by Crippen LogP contribution is -2.41. The van der Waals surface area contributed by atoms with Gasteiger partial charge in [0, 0.05) is 6.92 Å². The Labute approximate surface area is 165 Å². The molecule has 0 atom stereocenters. The highest BCUT2D eigenvalue weighted by molar-refractivity contribution is 7.99. The Hall–Kier alpha value is -3.20. The van der Waals surface area contributed by atoms with Crippen LogP contribution < -0.4 is 10.9 Å². The van der Waals surface area contributed by atoms with Gasteiger partial charge in [-0.3, -0.25) is 25.0 Å². The number of carbonyl (C=O) groups excluding carboxylic acids is 2. The number of hydrogen-bond acceptors (Lipinski definition) is 5. The molecular weight excluding hydrogens is 381 g/mol. The van der Waals surface area contributed by atoms with E-state index in [4.69, 9.17) is 0 Å². The molecule has 0 aliphatic heterocycles. The molecule has 0 fully saturated rings. The van der Waals surface area contributed by atoms with Crippen molar-refractivity contribution in [1.82, 2.24) is 25.6 Å². The Morgan fingerprint density at radius 2 is 1.75 bits per heavy atom. The van der Waals surface area contributed by atoms with Crippen LogP contribution in [0, 0.1) is 5.82 Å². The normalized spacial score (nSPS) is 10.5. The molecule has 1 heterocycles. The van der Waals surface area contributed by atoms with Crippen LogP contribution in [0.5, 0.6) is 0 Å². The molecule has 0 saturated carbocycles. The number of nitrogens with one attached hydrogen (secondary N) is 2. The van der Waals surface area contributed by atoms with E-state index in [1.807, 2.05) is 30.3 Å². The number of halogens is 1. The second-order valence-electron chi connectivity index (χ2n) is 5.88. The molecule has 3 aromatic rings. The molecule has 144 valence electrons. The van der Waals surface area contributed by atoms with Crippen molar-refractivity contribution < 1.29 is 14.0 Å². The Balaban J connectivity index is 1.86. The van der Waals surface area contributed by atoms with Crippen molar-refractivity contribution in [2.24, 2.45) is 0 Å². The van der Waals surface area contributed by atoms with E-state index in [1.165, 1.54) is 13.0 Å². The van der Waals surface area contributed by atoms with Crippen molar-refractivity contribution >= 4 is 23.6 Å². The summed E-state index contributed by atoms with van der Waals surface area (Å²) >= 11 is 1.15. The predicted octanol–water partition coefficient (Wildman–Crippen LogP) is 2.39. The molecule has 2 N–H and O–H groups in total. The van der Waals surface area contributed by atoms with Crippen LogP contribution in [0.25, 0.3) is 11.4 Å². The molecule has 28 heavy (non-hydrogen) atoms. The van der Waals surface area contributed by atoms with Gasteiger partial charge in [-0.15, -0.1) is 10.2 Å². The van der Waals surface area contributed by atoms with Gasteiger partial charge in [0.2, 0.25) is 11.8 Å². The Morgan fingerprint density at radius 3 is 2.46 bits per heavy atom. The molecular formula is C19H18FN5O2S. The number of amides is 2. The van der Waals surface area contributed by atoms with Crippen LogP contribution in [0.15, 0.2) is 59.8 Å². The Bertz CT molecular complexity index is 977. The molecule has 0 aliphatic carbocycles. The van der Waals surface area contributed by atoms with Gasteiger partial charge in [0.1, 0.15) is 5.82 Å². The highest BCUT2D eigenvalue weighted by Crippen LogP contribution is 2.26. The number of carbonyl (C=O) groups is 2. The van der Waals surface area contributed by atoms with E-state index in [0.29, 0.717) is 23.1 Å². The molecule has 0 bridgehead atoms. The lowest BCUT2D eigenvalue weighted by atomic mass is 10.2. The van der Waals surface area contributed by atoms with E-state index in [1.54, 1.807) is 22.8 Å². The fourth-order valence-corrected chi connectivity index (χ4v) is 3.21. The number of aromatic nitrogens is 3. The third kappa shape index (κ3) is 4.95. The van der Waals surface area contributed by atoms with Crippen molar-refractivity contribution in [3.05, 3.63) is 66.0 Å². The van der Waals surface area contributed by atoms with Crippen LogP contribution in [-0.4, -0.2) is 32.3 Å². The van der Waals surface area contributed by atoms with Crippen LogP contribution in [0.1, 0.15) is 12.5 Å². The van der Waals surface area contributed by atoms with Crippen LogP contribution in [0.2, 0.25) is 0 Å². The number of rotatable bonds is 6. The fraction of sp³-hybridized carbons (Fsp3) is 0.158. The lowest BCUT2D eigenvalue weighted by molar-refractivity contribution is -0.126. The van der Waals surface area contributed by atoms with E-state index in [0.717, 1.165) is 17.3 Å². The van der Waals surface area contributed by atoms with Crippen molar-refractivity contribution in [2.45, 2.75) is 18.6 Å². The van der Waals surface area contributed by atoms with Gasteiger partial charge in [0.05, 0.1) is 17.9 Å². The minimum absolute atomic E-state index is 0.0183. The zero-order valence-corrected chi connectivity index (χ0v) is 15.9. The number of benzene rings is 2. The second-order valence-corrected chi connectivity index (χ2v) is 6.82. The quantitative estimate of drug-likeness (QED) is 0.491. The summed E-state index contributed by atoms with van der Waals surface area (Å²) < 4.78 is 16.1. The Kier molecular flexibility index (Phi) is 6.38. The van der Waals surface area contributed by atoms with Crippen LogP contribution in [-0.2, 0) is 16.1 Å². The van der Waals surface area contributed by atoms with E-state index in [-0.39, 0.29) is 17.6 Å². The summed E-state index contributed by atoms with van der Waals surface area (Å²) in [7, 11) is 0. The standard InChI is InChI=1S/C19H18FN5O2S/c1-13(26)21-22-17(27)12-28-19-24-23-18(15-9-5-6-10-16(15)20)25(19)11-14-7-3-2-4-8-14/h2-10H,11-12H2,1H3,(H,21,26)(H,22,27). The molecule has 2 aromatic carbocycles. The average Bonchev–Trinajstić information content (AvgIpc) is 3.08. The molecule has 0 radical (unpaired) electrons. The largest absolute Gasteiger partial charge is 0.297 e. The zero-order chi connectivity index (χ0) is 19.9. The predicted molar refractivity (Wildman–Crippen MR) is 104 cm³/mol. The highest BCUT2D eigenvalue weighted by Gasteiger charge is 2.18. The summed E-state index contributed by atoms with van der Waals surface area (Å²) in [5.74, 6) is -0.755. The average molecular weight is 399 g/mol. The molecule has 3 rings (SSSR count). The first-order valence-corrected chi connectivity index (χ1v) is 9.43. The van der Waals surface area contributed by atoms with Gasteiger partial charge < -0.3 is 0 Å². The van der Waals surface area contributed by atoms with Gasteiger partial charge in [-0.1, -0.05) is 54.2 Å². The van der Waals surface area contributed by atoms with Crippen molar-refractivity contribution in [3.8, 4) is 11.4 Å². The smallest absolute Gasteiger partial charge is 0.248 e. The fourth-order valence-electron chi connectivity index (χ4n) is 2.47. The van der Waals surface area contributed by atoms with E-state index >= 15 is 0 Å². The summed E-state index contributed by atoms with van der Waals surface area (Å²) in [6.07, 6.45) is 0. The molecule has 9 heteroatoms. The minimum Gasteiger partial charge on any atom is -0.297 e. The highest BCUT2D eigenvalue weighted by atomic mass is 32.2. The topological polar surface area (TPSA) is 88.9 Å². The van der Waals surface area contributed by atoms with Gasteiger partial charge in [0.25, 0.3) is 0 Å². The molecule has 0 aliphatic rings. The van der Waals surface area contributed by atoms with Gasteiger partial charge >= 0.3 is 0 Å². The molecule has 0 unspecified atom stereocenters. The van der Waals surface area contributed by atoms with E-state index in [2.05, 4.69) is 21.0 Å². The maximum Gasteiger partial charge on any atom is 0.248 e. The van der Waals surface area contributed by atoms with Gasteiger partial charge in [-0.2, -0.15) is 0 Å². The van der Waals surface area contributed by atoms with Crippen molar-refractivity contribution in [2.75, 3.05) is 5.75 Å². The summed E-state index contributed by atoms with van der Waals surface area (Å²) in [5.41, 5.74) is 5.85. The van der Waals surface area contributed by atoms with E-state index in [9.17, 15) is 14.0 Å². The molecule has 1 aromatic heterocycles. The molecule has 0 spiro atoms. The molecule has 2 amide bonds. The third-order valence-electron chi connectivity index (χ3n) is 3.73. The van der Waals surface area contributed by atoms with Gasteiger partial charge in [0.15, 0.2) is 11.0 Å². The van der Waals surface area contributed by atoms with Crippen LogP contribution in [0.3, 0.4) is 0 Å². The van der Waals surface area contributed by atoms with E-state index < -0.39 is 5.82 Å². The summed E-state index contributed by atoms with van der Waals surface area (Å²) in [5, 5.41) is 8.76. The minimum atomic E-state index is -0.399. The number of nitrogens with zero attached hydrogens (tertiary/aromatic N) is 3. The third-order valence-corrected chi connectivity index (χ3v) is 4.69. The summed E-state index contributed by atoms with van der Waals surface area (Å²) in [6, 6.07) is 16.0. The first-order valence-electron chi connectivity index (χ1n) is 8.45. The van der Waals surface area contributed by atoms with Crippen molar-refractivity contribution in [3.63, 3.8) is 0 Å². The Morgan fingerprint density at radius 1 is 1.04 bits per heavy atom. The number of hydrogen-bond donors (Lipinski definition) is 2. The molecule has 7 nitrogen and oxygen atoms in total. The SMILES string of the molecule is CC(=O)NNC(=O)CSc1nnc(-c2ccccc2F)n1Cc1ccccc1. The van der Waals surface area contributed by atoms with Crippen LogP contribution in [0.4, 0.5) is 4.39 Å². The van der Waals surface area contributed by atoms with Crippen LogP contribution >= 0.6 is 11.8 Å². The summed E-state index contributed by atoms with van der Waals surface area (Å²) in [6.45, 7) is 1.72.